The van der Waals surface area contributed by atoms with Crippen LogP contribution in [0.4, 0.5) is 0 Å². The van der Waals surface area contributed by atoms with Crippen LogP contribution < -0.4 is 5.32 Å². The van der Waals surface area contributed by atoms with Crippen molar-refractivity contribution in [1.29, 1.82) is 5.26 Å². The van der Waals surface area contributed by atoms with Gasteiger partial charge in [0.1, 0.15) is 5.41 Å². The molecule has 0 atom stereocenters. The van der Waals surface area contributed by atoms with Gasteiger partial charge in [-0.3, -0.25) is 4.79 Å². The fourth-order valence-corrected chi connectivity index (χ4v) is 1.86. The highest BCUT2D eigenvalue weighted by Crippen LogP contribution is 2.45. The zero-order chi connectivity index (χ0) is 10.0. The minimum Gasteiger partial charge on any atom is -0.355 e. The summed E-state index contributed by atoms with van der Waals surface area (Å²) in [5.41, 5.74) is -0.639. The number of hydrogen-bond donors (Lipinski definition) is 1. The number of carbonyl (C=O) groups excluding carboxylic acids is 1. The number of nitrogens with one attached hydrogen (secondary N) is 1. The molecule has 0 heterocycles. The summed E-state index contributed by atoms with van der Waals surface area (Å²) in [5.74, 6) is 0.784. The maximum atomic E-state index is 11.5. The lowest BCUT2D eigenvalue weighted by atomic mass is 9.83. The summed E-state index contributed by atoms with van der Waals surface area (Å²) in [6.07, 6.45) is 6.57. The molecule has 2 saturated carbocycles. The lowest BCUT2D eigenvalue weighted by Gasteiger charge is -2.25. The van der Waals surface area contributed by atoms with Crippen LogP contribution in [0.1, 0.15) is 38.5 Å². The summed E-state index contributed by atoms with van der Waals surface area (Å²) in [6.45, 7) is 0.757. The van der Waals surface area contributed by atoms with E-state index in [1.807, 2.05) is 0 Å². The van der Waals surface area contributed by atoms with Crippen molar-refractivity contribution in [2.75, 3.05) is 6.54 Å². The van der Waals surface area contributed by atoms with Gasteiger partial charge < -0.3 is 5.32 Å². The first kappa shape index (κ1) is 9.51. The molecule has 1 amide bonds. The molecule has 0 bridgehead atoms. The van der Waals surface area contributed by atoms with Crippen molar-refractivity contribution in [3.05, 3.63) is 0 Å². The fraction of sp³-hybridized carbons (Fsp3) is 0.818. The Kier molecular flexibility index (Phi) is 2.45. The van der Waals surface area contributed by atoms with Gasteiger partial charge in [-0.2, -0.15) is 5.26 Å². The van der Waals surface area contributed by atoms with Crippen molar-refractivity contribution in [2.45, 2.75) is 38.5 Å². The van der Waals surface area contributed by atoms with E-state index in [9.17, 15) is 4.79 Å². The normalized spacial score (nSPS) is 23.4. The van der Waals surface area contributed by atoms with Crippen LogP contribution in [0.15, 0.2) is 0 Å². The van der Waals surface area contributed by atoms with Crippen molar-refractivity contribution in [3.63, 3.8) is 0 Å². The van der Waals surface area contributed by atoms with Crippen LogP contribution in [0.25, 0.3) is 0 Å². The van der Waals surface area contributed by atoms with Crippen LogP contribution in [0.3, 0.4) is 0 Å². The van der Waals surface area contributed by atoms with Crippen molar-refractivity contribution in [2.24, 2.45) is 11.3 Å². The van der Waals surface area contributed by atoms with Gasteiger partial charge in [-0.05, 0) is 25.2 Å². The second kappa shape index (κ2) is 3.61. The van der Waals surface area contributed by atoms with E-state index in [4.69, 9.17) is 5.26 Å². The molecule has 2 aliphatic carbocycles. The SMILES string of the molecule is N#CC1(C(=O)NCCC2CCC2)CC1. The average molecular weight is 192 g/mol. The number of amides is 1. The zero-order valence-corrected chi connectivity index (χ0v) is 8.38. The Morgan fingerprint density at radius 2 is 2.21 bits per heavy atom. The first-order chi connectivity index (χ1) is 6.77. The molecule has 0 aromatic rings. The second-order valence-electron chi connectivity index (χ2n) is 4.54. The molecule has 0 radical (unpaired) electrons. The molecule has 0 unspecified atom stereocenters. The maximum Gasteiger partial charge on any atom is 0.240 e. The van der Waals surface area contributed by atoms with E-state index in [0.29, 0.717) is 0 Å². The number of nitrogens with zero attached hydrogens (tertiary/aromatic N) is 1. The molecule has 0 spiro atoms. The van der Waals surface area contributed by atoms with E-state index in [-0.39, 0.29) is 5.91 Å². The van der Waals surface area contributed by atoms with Crippen molar-refractivity contribution >= 4 is 5.91 Å². The Bertz CT molecular complexity index is 272. The molecular weight excluding hydrogens is 176 g/mol. The van der Waals surface area contributed by atoms with Gasteiger partial charge in [0.25, 0.3) is 0 Å². The largest absolute Gasteiger partial charge is 0.355 e. The highest BCUT2D eigenvalue weighted by molar-refractivity contribution is 5.88. The smallest absolute Gasteiger partial charge is 0.240 e. The van der Waals surface area contributed by atoms with Gasteiger partial charge in [-0.25, -0.2) is 0 Å². The Morgan fingerprint density at radius 3 is 2.64 bits per heavy atom. The predicted molar refractivity (Wildman–Crippen MR) is 52.2 cm³/mol. The molecule has 3 nitrogen and oxygen atoms in total. The molecular formula is C11H16N2O. The standard InChI is InChI=1S/C11H16N2O/c12-8-11(5-6-11)10(14)13-7-4-9-2-1-3-9/h9H,1-7H2,(H,13,14). The molecule has 0 saturated heterocycles. The van der Waals surface area contributed by atoms with Crippen LogP contribution in [0, 0.1) is 22.7 Å². The molecule has 0 aromatic carbocycles. The highest BCUT2D eigenvalue weighted by atomic mass is 16.2. The van der Waals surface area contributed by atoms with E-state index in [2.05, 4.69) is 11.4 Å². The summed E-state index contributed by atoms with van der Waals surface area (Å²) in [4.78, 5) is 11.5. The Morgan fingerprint density at radius 1 is 1.50 bits per heavy atom. The topological polar surface area (TPSA) is 52.9 Å². The van der Waals surface area contributed by atoms with Crippen molar-refractivity contribution in [1.82, 2.24) is 5.32 Å². The summed E-state index contributed by atoms with van der Waals surface area (Å²) in [6, 6.07) is 2.11. The Hall–Kier alpha value is -1.04. The quantitative estimate of drug-likeness (QED) is 0.735. The third kappa shape index (κ3) is 1.75. The van der Waals surface area contributed by atoms with Crippen LogP contribution in [-0.2, 0) is 4.79 Å². The summed E-state index contributed by atoms with van der Waals surface area (Å²) < 4.78 is 0. The van der Waals surface area contributed by atoms with Gasteiger partial charge in [0, 0.05) is 6.54 Å². The molecule has 0 aliphatic heterocycles. The number of carbonyl (C=O) groups is 1. The summed E-state index contributed by atoms with van der Waals surface area (Å²) in [5, 5.41) is 11.7. The van der Waals surface area contributed by atoms with Crippen LogP contribution in [0.2, 0.25) is 0 Å². The van der Waals surface area contributed by atoms with Gasteiger partial charge >= 0.3 is 0 Å². The number of rotatable bonds is 4. The third-order valence-electron chi connectivity index (χ3n) is 3.46. The first-order valence-electron chi connectivity index (χ1n) is 5.46. The average Bonchev–Trinajstić information content (AvgIpc) is 2.89. The van der Waals surface area contributed by atoms with E-state index >= 15 is 0 Å². The summed E-state index contributed by atoms with van der Waals surface area (Å²) >= 11 is 0. The molecule has 2 fully saturated rings. The highest BCUT2D eigenvalue weighted by Gasteiger charge is 2.50. The fourth-order valence-electron chi connectivity index (χ4n) is 1.86. The van der Waals surface area contributed by atoms with E-state index in [0.717, 1.165) is 31.7 Å². The van der Waals surface area contributed by atoms with Gasteiger partial charge in [0.2, 0.25) is 5.91 Å². The molecule has 2 aliphatic rings. The van der Waals surface area contributed by atoms with Crippen LogP contribution in [0.5, 0.6) is 0 Å². The molecule has 0 aromatic heterocycles. The predicted octanol–water partition coefficient (Wildman–Crippen LogP) is 1.60. The van der Waals surface area contributed by atoms with Gasteiger partial charge in [0.15, 0.2) is 0 Å². The Balaban J connectivity index is 1.65. The van der Waals surface area contributed by atoms with Crippen LogP contribution >= 0.6 is 0 Å². The monoisotopic (exact) mass is 192 g/mol. The first-order valence-corrected chi connectivity index (χ1v) is 5.46. The molecule has 14 heavy (non-hydrogen) atoms. The zero-order valence-electron chi connectivity index (χ0n) is 8.38. The molecule has 1 N–H and O–H groups in total. The third-order valence-corrected chi connectivity index (χ3v) is 3.46. The van der Waals surface area contributed by atoms with E-state index in [1.54, 1.807) is 0 Å². The Labute approximate surface area is 84.5 Å². The molecule has 3 heteroatoms. The van der Waals surface area contributed by atoms with Gasteiger partial charge in [-0.1, -0.05) is 19.3 Å². The maximum absolute atomic E-state index is 11.5. The van der Waals surface area contributed by atoms with Crippen molar-refractivity contribution in [3.8, 4) is 6.07 Å². The molecule has 76 valence electrons. The summed E-state index contributed by atoms with van der Waals surface area (Å²) in [7, 11) is 0. The minimum atomic E-state index is -0.639. The molecule has 2 rings (SSSR count). The van der Waals surface area contributed by atoms with E-state index in [1.165, 1.54) is 19.3 Å². The van der Waals surface area contributed by atoms with Crippen LogP contribution in [-0.4, -0.2) is 12.5 Å². The number of nitriles is 1. The van der Waals surface area contributed by atoms with Gasteiger partial charge in [0.05, 0.1) is 6.07 Å². The minimum absolute atomic E-state index is 0.0423. The van der Waals surface area contributed by atoms with E-state index < -0.39 is 5.41 Å². The van der Waals surface area contributed by atoms with Gasteiger partial charge in [-0.15, -0.1) is 0 Å². The number of hydrogen-bond acceptors (Lipinski definition) is 2. The lowest BCUT2D eigenvalue weighted by Crippen LogP contribution is -2.33. The van der Waals surface area contributed by atoms with Crippen molar-refractivity contribution < 1.29 is 4.79 Å². The lowest BCUT2D eigenvalue weighted by molar-refractivity contribution is -0.124. The second-order valence-corrected chi connectivity index (χ2v) is 4.54.